The molecule has 0 heterocycles. The largest absolute Gasteiger partial charge is 0.463 e. The average molecular weight is 301 g/mol. The highest BCUT2D eigenvalue weighted by Crippen LogP contribution is 2.45. The van der Waals surface area contributed by atoms with Crippen molar-refractivity contribution >= 4 is 12.1 Å². The third-order valence-corrected chi connectivity index (χ3v) is 3.41. The van der Waals surface area contributed by atoms with Gasteiger partial charge in [-0.25, -0.2) is 9.59 Å². The normalized spacial score (nSPS) is 18.0. The third-order valence-electron chi connectivity index (χ3n) is 3.41. The molecule has 0 aromatic heterocycles. The Labute approximate surface area is 126 Å². The van der Waals surface area contributed by atoms with Crippen LogP contribution in [0, 0.1) is 11.3 Å². The average Bonchev–Trinajstić information content (AvgIpc) is 3.11. The Balaban J connectivity index is 2.52. The number of aliphatic hydroxyl groups is 1. The van der Waals surface area contributed by atoms with E-state index < -0.39 is 23.7 Å². The molecule has 0 radical (unpaired) electrons. The second-order valence-electron chi connectivity index (χ2n) is 7.13. The summed E-state index contributed by atoms with van der Waals surface area (Å²) in [6.07, 6.45) is 1.09. The van der Waals surface area contributed by atoms with Gasteiger partial charge in [0.1, 0.15) is 11.6 Å². The second kappa shape index (κ2) is 6.64. The lowest BCUT2D eigenvalue weighted by Crippen LogP contribution is -2.47. The van der Waals surface area contributed by atoms with Gasteiger partial charge < -0.3 is 19.9 Å². The summed E-state index contributed by atoms with van der Waals surface area (Å²) < 4.78 is 10.4. The smallest absolute Gasteiger partial charge is 0.408 e. The van der Waals surface area contributed by atoms with Crippen LogP contribution in [0.3, 0.4) is 0 Å². The second-order valence-corrected chi connectivity index (χ2v) is 7.13. The molecule has 1 amide bonds. The van der Waals surface area contributed by atoms with Crippen LogP contribution in [0.4, 0.5) is 4.79 Å². The van der Waals surface area contributed by atoms with Crippen LogP contribution in [-0.4, -0.2) is 42.0 Å². The van der Waals surface area contributed by atoms with Crippen molar-refractivity contribution in [2.24, 2.45) is 11.3 Å². The van der Waals surface area contributed by atoms with E-state index in [-0.39, 0.29) is 24.5 Å². The number of hydrogen-bond acceptors (Lipinski definition) is 5. The molecular weight excluding hydrogens is 274 g/mol. The van der Waals surface area contributed by atoms with Gasteiger partial charge in [0, 0.05) is 5.41 Å². The summed E-state index contributed by atoms with van der Waals surface area (Å²) in [4.78, 5) is 23.9. The van der Waals surface area contributed by atoms with E-state index in [9.17, 15) is 14.7 Å². The number of nitrogens with one attached hydrogen (secondary N) is 1. The van der Waals surface area contributed by atoms with Gasteiger partial charge in [0.05, 0.1) is 13.2 Å². The molecule has 0 aromatic rings. The van der Waals surface area contributed by atoms with Crippen molar-refractivity contribution in [3.05, 3.63) is 0 Å². The maximum atomic E-state index is 12.1. The lowest BCUT2D eigenvalue weighted by atomic mass is 10.0. The summed E-state index contributed by atoms with van der Waals surface area (Å²) in [5.41, 5.74) is -0.881. The van der Waals surface area contributed by atoms with Crippen LogP contribution in [-0.2, 0) is 14.3 Å². The van der Waals surface area contributed by atoms with Gasteiger partial charge in [0.25, 0.3) is 0 Å². The molecule has 1 saturated carbocycles. The van der Waals surface area contributed by atoms with Gasteiger partial charge in [-0.1, -0.05) is 13.8 Å². The van der Waals surface area contributed by atoms with E-state index in [4.69, 9.17) is 9.47 Å². The molecule has 0 unspecified atom stereocenters. The molecule has 6 nitrogen and oxygen atoms in total. The van der Waals surface area contributed by atoms with E-state index in [1.54, 1.807) is 20.8 Å². The lowest BCUT2D eigenvalue weighted by Gasteiger charge is -2.25. The zero-order valence-electron chi connectivity index (χ0n) is 13.6. The molecule has 6 heteroatoms. The first kappa shape index (κ1) is 17.8. The molecule has 1 rings (SSSR count). The molecule has 0 spiro atoms. The van der Waals surface area contributed by atoms with Gasteiger partial charge in [-0.3, -0.25) is 0 Å². The van der Waals surface area contributed by atoms with Crippen molar-refractivity contribution in [3.63, 3.8) is 0 Å². The van der Waals surface area contributed by atoms with Crippen molar-refractivity contribution in [2.75, 3.05) is 13.2 Å². The summed E-state index contributed by atoms with van der Waals surface area (Å²) in [6, 6.07) is -0.755. The zero-order valence-corrected chi connectivity index (χ0v) is 13.6. The van der Waals surface area contributed by atoms with Crippen LogP contribution in [0.15, 0.2) is 0 Å². The van der Waals surface area contributed by atoms with Crippen LogP contribution in [0.1, 0.15) is 47.5 Å². The van der Waals surface area contributed by atoms with Gasteiger partial charge in [-0.15, -0.1) is 0 Å². The zero-order chi connectivity index (χ0) is 16.3. The monoisotopic (exact) mass is 301 g/mol. The molecule has 0 bridgehead atoms. The molecular formula is C15H27NO5. The van der Waals surface area contributed by atoms with Crippen LogP contribution in [0.25, 0.3) is 0 Å². The number of alkyl carbamates (subject to hydrolysis) is 1. The van der Waals surface area contributed by atoms with Crippen LogP contribution in [0.5, 0.6) is 0 Å². The van der Waals surface area contributed by atoms with Crippen molar-refractivity contribution in [1.82, 2.24) is 5.32 Å². The molecule has 0 aromatic carbocycles. The first-order valence-electron chi connectivity index (χ1n) is 7.36. The number of aliphatic hydroxyl groups excluding tert-OH is 1. The number of amides is 1. The standard InChI is InChI=1S/C15H27NO5/c1-10(2)11(16-13(19)21-14(3,4)5)12(18)20-9-15(8-17)6-7-15/h10-11,17H,6-9H2,1-5H3,(H,16,19)/t11-/m0/s1. The van der Waals surface area contributed by atoms with Crippen LogP contribution < -0.4 is 5.32 Å². The Hall–Kier alpha value is -1.30. The summed E-state index contributed by atoms with van der Waals surface area (Å²) in [6.45, 7) is 9.13. The lowest BCUT2D eigenvalue weighted by molar-refractivity contribution is -0.149. The van der Waals surface area contributed by atoms with Gasteiger partial charge in [0.15, 0.2) is 0 Å². The Morgan fingerprint density at radius 3 is 2.24 bits per heavy atom. The van der Waals surface area contributed by atoms with Gasteiger partial charge >= 0.3 is 12.1 Å². The predicted octanol–water partition coefficient (Wildman–Crippen LogP) is 1.85. The summed E-state index contributed by atoms with van der Waals surface area (Å²) in [5, 5.41) is 11.8. The minimum Gasteiger partial charge on any atom is -0.463 e. The van der Waals surface area contributed by atoms with E-state index >= 15 is 0 Å². The molecule has 1 aliphatic carbocycles. The van der Waals surface area contributed by atoms with E-state index in [1.165, 1.54) is 0 Å². The molecule has 0 aliphatic heterocycles. The minimum absolute atomic E-state index is 0.0200. The van der Waals surface area contributed by atoms with E-state index in [0.29, 0.717) is 0 Å². The Bertz CT molecular complexity index is 382. The third kappa shape index (κ3) is 5.91. The van der Waals surface area contributed by atoms with Crippen molar-refractivity contribution in [1.29, 1.82) is 0 Å². The number of hydrogen-bond donors (Lipinski definition) is 2. The molecule has 122 valence electrons. The molecule has 1 fully saturated rings. The highest BCUT2D eigenvalue weighted by molar-refractivity contribution is 5.81. The van der Waals surface area contributed by atoms with E-state index in [1.807, 2.05) is 13.8 Å². The number of esters is 1. The first-order chi connectivity index (χ1) is 9.58. The van der Waals surface area contributed by atoms with Crippen molar-refractivity contribution < 1.29 is 24.2 Å². The minimum atomic E-state index is -0.755. The fraction of sp³-hybridized carbons (Fsp3) is 0.867. The molecule has 21 heavy (non-hydrogen) atoms. The quantitative estimate of drug-likeness (QED) is 0.731. The van der Waals surface area contributed by atoms with E-state index in [0.717, 1.165) is 12.8 Å². The molecule has 0 saturated heterocycles. The number of carbonyl (C=O) groups is 2. The molecule has 1 aliphatic rings. The van der Waals surface area contributed by atoms with E-state index in [2.05, 4.69) is 5.32 Å². The number of rotatable bonds is 6. The maximum absolute atomic E-state index is 12.1. The van der Waals surface area contributed by atoms with Gasteiger partial charge in [-0.2, -0.15) is 0 Å². The summed E-state index contributed by atoms with van der Waals surface area (Å²) >= 11 is 0. The van der Waals surface area contributed by atoms with Crippen molar-refractivity contribution in [2.45, 2.75) is 59.1 Å². The van der Waals surface area contributed by atoms with Gasteiger partial charge in [0.2, 0.25) is 0 Å². The SMILES string of the molecule is CC(C)[C@H](NC(=O)OC(C)(C)C)C(=O)OCC1(CO)CC1. The number of ether oxygens (including phenoxy) is 2. The maximum Gasteiger partial charge on any atom is 0.408 e. The highest BCUT2D eigenvalue weighted by atomic mass is 16.6. The first-order valence-corrected chi connectivity index (χ1v) is 7.36. The van der Waals surface area contributed by atoms with Gasteiger partial charge in [-0.05, 0) is 39.5 Å². The van der Waals surface area contributed by atoms with Crippen LogP contribution >= 0.6 is 0 Å². The molecule has 2 N–H and O–H groups in total. The summed E-state index contributed by atoms with van der Waals surface area (Å²) in [7, 11) is 0. The topological polar surface area (TPSA) is 84.9 Å². The Morgan fingerprint density at radius 1 is 1.29 bits per heavy atom. The predicted molar refractivity (Wildman–Crippen MR) is 77.7 cm³/mol. The molecule has 1 atom stereocenters. The summed E-state index contributed by atoms with van der Waals surface area (Å²) in [5.74, 6) is -0.607. The fourth-order valence-corrected chi connectivity index (χ4v) is 1.77. The number of carbonyl (C=O) groups excluding carboxylic acids is 2. The van der Waals surface area contributed by atoms with Crippen molar-refractivity contribution in [3.8, 4) is 0 Å². The Kier molecular flexibility index (Phi) is 5.61. The highest BCUT2D eigenvalue weighted by Gasteiger charge is 2.44. The fourth-order valence-electron chi connectivity index (χ4n) is 1.77. The van der Waals surface area contributed by atoms with Crippen LogP contribution in [0.2, 0.25) is 0 Å². The Morgan fingerprint density at radius 2 is 1.86 bits per heavy atom.